The van der Waals surface area contributed by atoms with Crippen LogP contribution < -0.4 is 15.4 Å². The normalized spacial score (nSPS) is 21.7. The Bertz CT molecular complexity index is 654. The van der Waals surface area contributed by atoms with E-state index in [4.69, 9.17) is 14.2 Å². The molecular weight excluding hydrogens is 350 g/mol. The molecule has 0 bridgehead atoms. The lowest BCUT2D eigenvalue weighted by atomic mass is 10.0. The van der Waals surface area contributed by atoms with Crippen LogP contribution in [0.1, 0.15) is 24.9 Å². The predicted octanol–water partition coefficient (Wildman–Crippen LogP) is 1.07. The van der Waals surface area contributed by atoms with E-state index in [0.717, 1.165) is 11.3 Å². The summed E-state index contributed by atoms with van der Waals surface area (Å²) < 4.78 is 16.5. The number of nitrogens with zero attached hydrogens (tertiary/aromatic N) is 1. The number of amides is 3. The van der Waals surface area contributed by atoms with Gasteiger partial charge in [0.15, 0.2) is 0 Å². The Morgan fingerprint density at radius 3 is 3.00 bits per heavy atom. The van der Waals surface area contributed by atoms with Crippen LogP contribution in [0.25, 0.3) is 0 Å². The fraction of sp³-hybridized carbons (Fsp3) is 0.579. The molecule has 27 heavy (non-hydrogen) atoms. The Hall–Kier alpha value is -2.32. The molecule has 0 radical (unpaired) electrons. The zero-order chi connectivity index (χ0) is 19.1. The molecule has 0 aliphatic carbocycles. The number of urea groups is 1. The van der Waals surface area contributed by atoms with Gasteiger partial charge >= 0.3 is 6.03 Å². The molecule has 2 aliphatic rings. The molecule has 0 saturated carbocycles. The molecule has 1 aromatic carbocycles. The molecule has 3 rings (SSSR count). The lowest BCUT2D eigenvalue weighted by Gasteiger charge is -2.32. The van der Waals surface area contributed by atoms with Gasteiger partial charge in [-0.2, -0.15) is 0 Å². The van der Waals surface area contributed by atoms with E-state index in [0.29, 0.717) is 45.9 Å². The molecule has 1 aromatic rings. The molecule has 3 amide bonds. The van der Waals surface area contributed by atoms with Crippen molar-refractivity contribution in [3.8, 4) is 5.75 Å². The van der Waals surface area contributed by atoms with Crippen molar-refractivity contribution in [2.75, 3.05) is 46.1 Å². The van der Waals surface area contributed by atoms with Gasteiger partial charge < -0.3 is 29.7 Å². The number of rotatable bonds is 6. The quantitative estimate of drug-likeness (QED) is 0.774. The molecule has 2 aliphatic heterocycles. The van der Waals surface area contributed by atoms with Gasteiger partial charge in [-0.1, -0.05) is 18.2 Å². The maximum absolute atomic E-state index is 12.3. The maximum Gasteiger partial charge on any atom is 0.318 e. The third-order valence-electron chi connectivity index (χ3n) is 4.63. The van der Waals surface area contributed by atoms with E-state index < -0.39 is 0 Å². The van der Waals surface area contributed by atoms with Gasteiger partial charge in [-0.15, -0.1) is 0 Å². The fourth-order valence-electron chi connectivity index (χ4n) is 3.26. The zero-order valence-electron chi connectivity index (χ0n) is 15.6. The molecule has 2 heterocycles. The second-order valence-electron chi connectivity index (χ2n) is 6.55. The summed E-state index contributed by atoms with van der Waals surface area (Å²) >= 11 is 0. The van der Waals surface area contributed by atoms with E-state index in [1.165, 1.54) is 0 Å². The highest BCUT2D eigenvalue weighted by atomic mass is 16.5. The van der Waals surface area contributed by atoms with Crippen LogP contribution in [-0.2, 0) is 14.3 Å². The Kier molecular flexibility index (Phi) is 6.89. The fourth-order valence-corrected chi connectivity index (χ4v) is 3.26. The van der Waals surface area contributed by atoms with E-state index in [2.05, 4.69) is 10.6 Å². The largest absolute Gasteiger partial charge is 0.493 e. The molecule has 148 valence electrons. The molecule has 0 aromatic heterocycles. The molecule has 8 nitrogen and oxygen atoms in total. The summed E-state index contributed by atoms with van der Waals surface area (Å²) in [6.45, 7) is 4.92. The molecule has 2 atom stereocenters. The van der Waals surface area contributed by atoms with Crippen molar-refractivity contribution in [2.45, 2.75) is 25.5 Å². The lowest BCUT2D eigenvalue weighted by molar-refractivity contribution is -0.121. The van der Waals surface area contributed by atoms with Crippen molar-refractivity contribution in [3.63, 3.8) is 0 Å². The van der Waals surface area contributed by atoms with Crippen LogP contribution in [0, 0.1) is 0 Å². The van der Waals surface area contributed by atoms with Gasteiger partial charge in [0, 0.05) is 25.1 Å². The summed E-state index contributed by atoms with van der Waals surface area (Å²) in [6.07, 6.45) is 0.580. The summed E-state index contributed by atoms with van der Waals surface area (Å²) in [5.41, 5.74) is 0.968. The number of nitrogens with one attached hydrogen (secondary N) is 2. The van der Waals surface area contributed by atoms with Crippen LogP contribution in [0.3, 0.4) is 0 Å². The maximum atomic E-state index is 12.3. The monoisotopic (exact) mass is 377 g/mol. The minimum atomic E-state index is -0.262. The Balaban J connectivity index is 1.45. The van der Waals surface area contributed by atoms with E-state index >= 15 is 0 Å². The predicted molar refractivity (Wildman–Crippen MR) is 98.6 cm³/mol. The summed E-state index contributed by atoms with van der Waals surface area (Å²) in [5.74, 6) is 0.580. The number of hydrogen-bond acceptors (Lipinski definition) is 5. The zero-order valence-corrected chi connectivity index (χ0v) is 15.6. The first-order valence-electron chi connectivity index (χ1n) is 9.40. The van der Waals surface area contributed by atoms with Crippen LogP contribution in [0.2, 0.25) is 0 Å². The topological polar surface area (TPSA) is 89.1 Å². The molecule has 8 heteroatoms. The van der Waals surface area contributed by atoms with Crippen molar-refractivity contribution < 1.29 is 23.8 Å². The summed E-state index contributed by atoms with van der Waals surface area (Å²) in [7, 11) is 0. The molecular formula is C19H27N3O5. The Morgan fingerprint density at radius 1 is 1.30 bits per heavy atom. The highest BCUT2D eigenvalue weighted by molar-refractivity contribution is 5.84. The van der Waals surface area contributed by atoms with E-state index in [1.54, 1.807) is 4.90 Å². The Labute approximate surface area is 159 Å². The number of para-hydroxylation sites is 1. The van der Waals surface area contributed by atoms with Crippen LogP contribution in [0.15, 0.2) is 24.3 Å². The second-order valence-corrected chi connectivity index (χ2v) is 6.55. The number of fused-ring (bicyclic) bond motifs is 1. The minimum Gasteiger partial charge on any atom is -0.493 e. The average molecular weight is 377 g/mol. The van der Waals surface area contributed by atoms with Crippen LogP contribution in [-0.4, -0.2) is 69.0 Å². The highest BCUT2D eigenvalue weighted by Crippen LogP contribution is 2.31. The minimum absolute atomic E-state index is 0.0636. The first-order valence-corrected chi connectivity index (χ1v) is 9.40. The Morgan fingerprint density at radius 2 is 2.15 bits per heavy atom. The van der Waals surface area contributed by atoms with Gasteiger partial charge in [-0.25, -0.2) is 4.79 Å². The molecule has 1 saturated heterocycles. The molecule has 2 unspecified atom stereocenters. The van der Waals surface area contributed by atoms with Crippen molar-refractivity contribution in [3.05, 3.63) is 29.8 Å². The van der Waals surface area contributed by atoms with Gasteiger partial charge in [0.25, 0.3) is 0 Å². The summed E-state index contributed by atoms with van der Waals surface area (Å²) in [4.78, 5) is 26.3. The van der Waals surface area contributed by atoms with Crippen LogP contribution >= 0.6 is 0 Å². The highest BCUT2D eigenvalue weighted by Gasteiger charge is 2.26. The third kappa shape index (κ3) is 5.33. The molecule has 2 N–H and O–H groups in total. The van der Waals surface area contributed by atoms with E-state index in [9.17, 15) is 9.59 Å². The van der Waals surface area contributed by atoms with Crippen molar-refractivity contribution >= 4 is 11.9 Å². The van der Waals surface area contributed by atoms with Gasteiger partial charge in [0.1, 0.15) is 5.75 Å². The molecule has 0 spiro atoms. The number of hydrogen-bond donors (Lipinski definition) is 2. The second kappa shape index (κ2) is 9.57. The smallest absolute Gasteiger partial charge is 0.318 e. The first kappa shape index (κ1) is 19.4. The van der Waals surface area contributed by atoms with E-state index in [-0.39, 0.29) is 30.6 Å². The summed E-state index contributed by atoms with van der Waals surface area (Å²) in [5, 5.41) is 5.66. The van der Waals surface area contributed by atoms with Crippen molar-refractivity contribution in [2.24, 2.45) is 0 Å². The van der Waals surface area contributed by atoms with E-state index in [1.807, 2.05) is 31.2 Å². The SMILES string of the molecule is CCOCC1CN(C(=O)NCC(=O)NC2CCOc3ccccc32)CCO1. The van der Waals surface area contributed by atoms with Crippen LogP contribution in [0.4, 0.5) is 4.79 Å². The molecule has 1 fully saturated rings. The van der Waals surface area contributed by atoms with Gasteiger partial charge in [-0.05, 0) is 13.0 Å². The number of benzene rings is 1. The number of morpholine rings is 1. The average Bonchev–Trinajstić information content (AvgIpc) is 2.71. The lowest BCUT2D eigenvalue weighted by Crippen LogP contribution is -2.52. The van der Waals surface area contributed by atoms with Crippen molar-refractivity contribution in [1.29, 1.82) is 0 Å². The van der Waals surface area contributed by atoms with Gasteiger partial charge in [0.05, 0.1) is 45.1 Å². The third-order valence-corrected chi connectivity index (χ3v) is 4.63. The number of carbonyl (C=O) groups is 2. The van der Waals surface area contributed by atoms with Crippen LogP contribution in [0.5, 0.6) is 5.75 Å². The van der Waals surface area contributed by atoms with Crippen molar-refractivity contribution in [1.82, 2.24) is 15.5 Å². The number of carbonyl (C=O) groups excluding carboxylic acids is 2. The first-order chi connectivity index (χ1) is 13.2. The van der Waals surface area contributed by atoms with Gasteiger partial charge in [-0.3, -0.25) is 4.79 Å². The summed E-state index contributed by atoms with van der Waals surface area (Å²) in [6, 6.07) is 7.31. The number of ether oxygens (including phenoxy) is 3. The van der Waals surface area contributed by atoms with Gasteiger partial charge in [0.2, 0.25) is 5.91 Å². The standard InChI is InChI=1S/C19H27N3O5/c1-2-25-13-14-12-22(8-10-26-14)19(24)20-11-18(23)21-16-7-9-27-17-6-4-3-5-15(16)17/h3-6,14,16H,2,7-13H2,1H3,(H,20,24)(H,21,23).